The highest BCUT2D eigenvalue weighted by molar-refractivity contribution is 7.90. The number of halogens is 1. The molecule has 2 heterocycles. The van der Waals surface area contributed by atoms with Gasteiger partial charge in [-0.3, -0.25) is 0 Å². The van der Waals surface area contributed by atoms with Gasteiger partial charge in [-0.05, 0) is 38.6 Å². The first-order chi connectivity index (χ1) is 10.8. The van der Waals surface area contributed by atoms with E-state index >= 15 is 0 Å². The standard InChI is InChI=1S/C16H22ClN3O2S/c1-6-13(20-23(21)16(2,3)4)11-8-19-15(22-5)12-9-18-14(17)7-10(11)12/h7-9,13,20H,6H2,1-5H3/t13-,23+/m1/s1. The van der Waals surface area contributed by atoms with E-state index in [1.54, 1.807) is 25.6 Å². The molecule has 0 unspecified atom stereocenters. The van der Waals surface area contributed by atoms with Gasteiger partial charge in [0.05, 0.1) is 18.5 Å². The van der Waals surface area contributed by atoms with E-state index in [1.165, 1.54) is 0 Å². The van der Waals surface area contributed by atoms with E-state index in [2.05, 4.69) is 14.7 Å². The van der Waals surface area contributed by atoms with Gasteiger partial charge >= 0.3 is 0 Å². The van der Waals surface area contributed by atoms with Crippen molar-refractivity contribution >= 4 is 33.7 Å². The Morgan fingerprint density at radius 2 is 2.00 bits per heavy atom. The second-order valence-corrected chi connectivity index (χ2v) is 8.62. The van der Waals surface area contributed by atoms with Crippen LogP contribution in [0.4, 0.5) is 0 Å². The molecule has 2 aromatic heterocycles. The molecule has 0 bridgehead atoms. The third-order valence-electron chi connectivity index (χ3n) is 3.52. The molecule has 0 amide bonds. The first-order valence-electron chi connectivity index (χ1n) is 7.44. The first-order valence-corrected chi connectivity index (χ1v) is 8.97. The largest absolute Gasteiger partial charge is 0.598 e. The minimum atomic E-state index is -1.18. The molecule has 7 heteroatoms. The quantitative estimate of drug-likeness (QED) is 0.652. The van der Waals surface area contributed by atoms with E-state index in [0.29, 0.717) is 11.0 Å². The minimum Gasteiger partial charge on any atom is -0.598 e. The molecule has 1 N–H and O–H groups in total. The molecule has 2 rings (SSSR count). The van der Waals surface area contributed by atoms with Crippen molar-refractivity contribution in [3.05, 3.63) is 29.2 Å². The van der Waals surface area contributed by atoms with Crippen molar-refractivity contribution in [3.63, 3.8) is 0 Å². The van der Waals surface area contributed by atoms with Crippen LogP contribution in [0.2, 0.25) is 5.15 Å². The van der Waals surface area contributed by atoms with E-state index in [9.17, 15) is 4.55 Å². The Morgan fingerprint density at radius 3 is 2.57 bits per heavy atom. The lowest BCUT2D eigenvalue weighted by atomic mass is 10.0. The third kappa shape index (κ3) is 4.07. The summed E-state index contributed by atoms with van der Waals surface area (Å²) < 4.78 is 20.6. The number of nitrogens with one attached hydrogen (secondary N) is 1. The number of hydrogen-bond donors (Lipinski definition) is 1. The number of fused-ring (bicyclic) bond motifs is 1. The lowest BCUT2D eigenvalue weighted by Crippen LogP contribution is -2.41. The minimum absolute atomic E-state index is 0.102. The average Bonchev–Trinajstić information content (AvgIpc) is 2.50. The molecule has 0 saturated carbocycles. The van der Waals surface area contributed by atoms with E-state index in [-0.39, 0.29) is 10.8 Å². The van der Waals surface area contributed by atoms with E-state index in [4.69, 9.17) is 16.3 Å². The van der Waals surface area contributed by atoms with Crippen LogP contribution in [-0.2, 0) is 11.4 Å². The maximum atomic E-state index is 12.4. The van der Waals surface area contributed by atoms with Gasteiger partial charge in [0.25, 0.3) is 0 Å². The fourth-order valence-corrected chi connectivity index (χ4v) is 3.28. The van der Waals surface area contributed by atoms with Gasteiger partial charge in [-0.15, -0.1) is 4.72 Å². The molecule has 0 aliphatic heterocycles. The maximum absolute atomic E-state index is 12.4. The lowest BCUT2D eigenvalue weighted by molar-refractivity contribution is 0.402. The van der Waals surface area contributed by atoms with Gasteiger partial charge in [0, 0.05) is 29.3 Å². The normalized spacial score (nSPS) is 14.7. The molecule has 5 nitrogen and oxygen atoms in total. The Labute approximate surface area is 145 Å². The Balaban J connectivity index is 2.50. The summed E-state index contributed by atoms with van der Waals surface area (Å²) in [5, 5.41) is 2.09. The number of aromatic nitrogens is 2. The van der Waals surface area contributed by atoms with Crippen molar-refractivity contribution in [1.29, 1.82) is 0 Å². The average molecular weight is 356 g/mol. The SMILES string of the molecule is CC[C@@H](N[S@@+]([O-])C(C)(C)C)c1cnc(OC)c2cnc(Cl)cc12. The van der Waals surface area contributed by atoms with E-state index < -0.39 is 11.4 Å². The van der Waals surface area contributed by atoms with Crippen molar-refractivity contribution in [2.75, 3.05) is 7.11 Å². The lowest BCUT2D eigenvalue weighted by Gasteiger charge is -2.28. The Hall–Kier alpha value is -1.08. The van der Waals surface area contributed by atoms with Crippen LogP contribution in [0.15, 0.2) is 18.5 Å². The van der Waals surface area contributed by atoms with Gasteiger partial charge in [0.1, 0.15) is 9.90 Å². The number of hydrogen-bond acceptors (Lipinski definition) is 5. The van der Waals surface area contributed by atoms with Crippen molar-refractivity contribution < 1.29 is 9.29 Å². The topological polar surface area (TPSA) is 70.1 Å². The molecule has 0 spiro atoms. The molecule has 0 aliphatic rings. The van der Waals surface area contributed by atoms with E-state index in [0.717, 1.165) is 22.8 Å². The molecule has 23 heavy (non-hydrogen) atoms. The summed E-state index contributed by atoms with van der Waals surface area (Å²) in [5.74, 6) is 0.500. The Kier molecular flexibility index (Phi) is 5.73. The van der Waals surface area contributed by atoms with Crippen molar-refractivity contribution in [3.8, 4) is 5.88 Å². The van der Waals surface area contributed by atoms with Gasteiger partial charge < -0.3 is 9.29 Å². The van der Waals surface area contributed by atoms with Gasteiger partial charge in [0.15, 0.2) is 0 Å². The zero-order chi connectivity index (χ0) is 17.2. The number of ether oxygens (including phenoxy) is 1. The van der Waals surface area contributed by atoms with Gasteiger partial charge in [-0.2, -0.15) is 0 Å². The fraction of sp³-hybridized carbons (Fsp3) is 0.500. The van der Waals surface area contributed by atoms with Crippen molar-refractivity contribution in [2.45, 2.75) is 44.9 Å². The first kappa shape index (κ1) is 18.3. The molecular formula is C16H22ClN3O2S. The third-order valence-corrected chi connectivity index (χ3v) is 5.33. The number of methoxy groups -OCH3 is 1. The van der Waals surface area contributed by atoms with Gasteiger partial charge in [-0.1, -0.05) is 18.5 Å². The van der Waals surface area contributed by atoms with Crippen molar-refractivity contribution in [1.82, 2.24) is 14.7 Å². The monoisotopic (exact) mass is 355 g/mol. The molecular weight excluding hydrogens is 334 g/mol. The summed E-state index contributed by atoms with van der Waals surface area (Å²) in [7, 11) is 1.57. The smallest absolute Gasteiger partial charge is 0.222 e. The highest BCUT2D eigenvalue weighted by Gasteiger charge is 2.30. The maximum Gasteiger partial charge on any atom is 0.222 e. The summed E-state index contributed by atoms with van der Waals surface area (Å²) in [5.41, 5.74) is 0.935. The summed E-state index contributed by atoms with van der Waals surface area (Å²) in [6.07, 6.45) is 4.17. The number of nitrogens with zero attached hydrogens (tertiary/aromatic N) is 2. The van der Waals surface area contributed by atoms with Crippen LogP contribution in [0.5, 0.6) is 5.88 Å². The molecule has 0 aromatic carbocycles. The number of pyridine rings is 2. The molecule has 2 aromatic rings. The summed E-state index contributed by atoms with van der Waals surface area (Å²) in [6.45, 7) is 7.85. The predicted molar refractivity (Wildman–Crippen MR) is 95.2 cm³/mol. The molecule has 0 fully saturated rings. The number of rotatable bonds is 5. The Morgan fingerprint density at radius 1 is 1.30 bits per heavy atom. The molecule has 0 aliphatic carbocycles. The fourth-order valence-electron chi connectivity index (χ4n) is 2.22. The highest BCUT2D eigenvalue weighted by Crippen LogP contribution is 2.32. The molecule has 0 saturated heterocycles. The van der Waals surface area contributed by atoms with Crippen LogP contribution in [0.25, 0.3) is 10.8 Å². The second-order valence-electron chi connectivity index (χ2n) is 6.24. The van der Waals surface area contributed by atoms with Crippen LogP contribution in [0, 0.1) is 0 Å². The molecule has 2 atom stereocenters. The summed E-state index contributed by atoms with van der Waals surface area (Å²) >= 11 is 4.88. The van der Waals surface area contributed by atoms with Gasteiger partial charge in [-0.25, -0.2) is 9.97 Å². The molecule has 0 radical (unpaired) electrons. The summed E-state index contributed by atoms with van der Waals surface area (Å²) in [6, 6.07) is 1.69. The van der Waals surface area contributed by atoms with Crippen LogP contribution in [-0.4, -0.2) is 26.4 Å². The highest BCUT2D eigenvalue weighted by atomic mass is 35.5. The van der Waals surface area contributed by atoms with E-state index in [1.807, 2.05) is 27.7 Å². The van der Waals surface area contributed by atoms with Crippen LogP contribution in [0.3, 0.4) is 0 Å². The van der Waals surface area contributed by atoms with Crippen LogP contribution in [0.1, 0.15) is 45.7 Å². The Bertz CT molecular complexity index is 691. The van der Waals surface area contributed by atoms with Gasteiger partial charge in [0.2, 0.25) is 5.88 Å². The van der Waals surface area contributed by atoms with Crippen LogP contribution >= 0.6 is 11.6 Å². The van der Waals surface area contributed by atoms with Crippen molar-refractivity contribution in [2.24, 2.45) is 0 Å². The zero-order valence-corrected chi connectivity index (χ0v) is 15.6. The molecule has 126 valence electrons. The van der Waals surface area contributed by atoms with Crippen LogP contribution < -0.4 is 9.46 Å². The zero-order valence-electron chi connectivity index (χ0n) is 14.0. The summed E-state index contributed by atoms with van der Waals surface area (Å²) in [4.78, 5) is 8.46. The second kappa shape index (κ2) is 7.21. The predicted octanol–water partition coefficient (Wildman–Crippen LogP) is 3.79.